The molecule has 0 aromatic carbocycles. The third kappa shape index (κ3) is 1.88. The largest absolute Gasteiger partial charge is 0.447 e. The first kappa shape index (κ1) is 9.77. The molecule has 0 aliphatic carbocycles. The van der Waals surface area contributed by atoms with Crippen molar-refractivity contribution in [2.45, 2.75) is 19.8 Å². The number of rotatable bonds is 2. The lowest BCUT2D eigenvalue weighted by Gasteiger charge is -2.09. The maximum Gasteiger partial charge on any atom is 0.275 e. The summed E-state index contributed by atoms with van der Waals surface area (Å²) >= 11 is 0. The quantitative estimate of drug-likeness (QED) is 0.696. The molecule has 13 heavy (non-hydrogen) atoms. The van der Waals surface area contributed by atoms with Crippen LogP contribution < -0.4 is 0 Å². The highest BCUT2D eigenvalue weighted by Crippen LogP contribution is 2.18. The second kappa shape index (κ2) is 3.60. The highest BCUT2D eigenvalue weighted by atomic mass is 16.3. The molecule has 0 saturated carbocycles. The lowest BCUT2D eigenvalue weighted by atomic mass is 10.1. The summed E-state index contributed by atoms with van der Waals surface area (Å²) in [6, 6.07) is 0. The number of carbonyl (C=O) groups is 1. The molecule has 1 aromatic rings. The molecule has 0 unspecified atom stereocenters. The van der Waals surface area contributed by atoms with Gasteiger partial charge in [0, 0.05) is 20.0 Å². The van der Waals surface area contributed by atoms with Crippen molar-refractivity contribution in [3.05, 3.63) is 17.8 Å². The molecule has 72 valence electrons. The maximum absolute atomic E-state index is 11.5. The van der Waals surface area contributed by atoms with Crippen LogP contribution in [0, 0.1) is 0 Å². The molecule has 0 saturated heterocycles. The molecule has 4 heteroatoms. The zero-order chi connectivity index (χ0) is 10.0. The number of oxazole rings is 1. The fourth-order valence-electron chi connectivity index (χ4n) is 1.04. The fraction of sp³-hybridized carbons (Fsp3) is 0.556. The van der Waals surface area contributed by atoms with Crippen molar-refractivity contribution in [2.24, 2.45) is 0 Å². The van der Waals surface area contributed by atoms with Crippen molar-refractivity contribution in [3.63, 3.8) is 0 Å². The third-order valence-electron chi connectivity index (χ3n) is 1.73. The van der Waals surface area contributed by atoms with E-state index >= 15 is 0 Å². The Hall–Kier alpha value is -1.32. The SMILES string of the molecule is CC(C)c1ocnc1C(=O)N(C)C. The van der Waals surface area contributed by atoms with E-state index in [1.807, 2.05) is 13.8 Å². The van der Waals surface area contributed by atoms with Crippen LogP contribution in [0.3, 0.4) is 0 Å². The first-order valence-corrected chi connectivity index (χ1v) is 4.19. The Kier molecular flexibility index (Phi) is 2.70. The van der Waals surface area contributed by atoms with Crippen LogP contribution in [0.4, 0.5) is 0 Å². The van der Waals surface area contributed by atoms with E-state index in [-0.39, 0.29) is 11.8 Å². The average Bonchev–Trinajstić information content (AvgIpc) is 2.50. The molecule has 0 fully saturated rings. The van der Waals surface area contributed by atoms with Crippen molar-refractivity contribution in [1.82, 2.24) is 9.88 Å². The Morgan fingerprint density at radius 1 is 1.54 bits per heavy atom. The van der Waals surface area contributed by atoms with E-state index in [2.05, 4.69) is 4.98 Å². The summed E-state index contributed by atoms with van der Waals surface area (Å²) in [5, 5.41) is 0. The molecule has 1 amide bonds. The zero-order valence-electron chi connectivity index (χ0n) is 8.37. The highest BCUT2D eigenvalue weighted by molar-refractivity contribution is 5.92. The van der Waals surface area contributed by atoms with Crippen LogP contribution in [-0.2, 0) is 0 Å². The minimum absolute atomic E-state index is 0.113. The number of carbonyl (C=O) groups excluding carboxylic acids is 1. The molecule has 0 atom stereocenters. The van der Waals surface area contributed by atoms with Crippen LogP contribution in [-0.4, -0.2) is 29.9 Å². The third-order valence-corrected chi connectivity index (χ3v) is 1.73. The summed E-state index contributed by atoms with van der Waals surface area (Å²) in [5.41, 5.74) is 0.417. The molecule has 0 spiro atoms. The summed E-state index contributed by atoms with van der Waals surface area (Å²) in [4.78, 5) is 16.9. The number of aromatic nitrogens is 1. The van der Waals surface area contributed by atoms with E-state index < -0.39 is 0 Å². The van der Waals surface area contributed by atoms with Gasteiger partial charge in [-0.1, -0.05) is 13.8 Å². The van der Waals surface area contributed by atoms with E-state index in [4.69, 9.17) is 4.42 Å². The van der Waals surface area contributed by atoms with Crippen LogP contribution in [0.5, 0.6) is 0 Å². The summed E-state index contributed by atoms with van der Waals surface area (Å²) in [6.07, 6.45) is 1.31. The van der Waals surface area contributed by atoms with E-state index in [1.165, 1.54) is 11.3 Å². The number of hydrogen-bond donors (Lipinski definition) is 0. The highest BCUT2D eigenvalue weighted by Gasteiger charge is 2.19. The van der Waals surface area contributed by atoms with Crippen molar-refractivity contribution in [2.75, 3.05) is 14.1 Å². The van der Waals surface area contributed by atoms with Gasteiger partial charge < -0.3 is 9.32 Å². The molecule has 4 nitrogen and oxygen atoms in total. The van der Waals surface area contributed by atoms with E-state index in [9.17, 15) is 4.79 Å². The van der Waals surface area contributed by atoms with E-state index in [0.717, 1.165) is 0 Å². The molecular formula is C9H14N2O2. The molecule has 1 aromatic heterocycles. The Bertz CT molecular complexity index is 302. The van der Waals surface area contributed by atoms with Crippen LogP contribution in [0.1, 0.15) is 36.0 Å². The maximum atomic E-state index is 11.5. The van der Waals surface area contributed by atoms with Crippen LogP contribution in [0.15, 0.2) is 10.8 Å². The fourth-order valence-corrected chi connectivity index (χ4v) is 1.04. The van der Waals surface area contributed by atoms with Gasteiger partial charge in [-0.2, -0.15) is 0 Å². The minimum atomic E-state index is -0.113. The summed E-state index contributed by atoms with van der Waals surface area (Å²) in [6.45, 7) is 3.93. The summed E-state index contributed by atoms with van der Waals surface area (Å²) in [5.74, 6) is 0.720. The zero-order valence-corrected chi connectivity index (χ0v) is 8.37. The number of nitrogens with zero attached hydrogens (tertiary/aromatic N) is 2. The predicted molar refractivity (Wildman–Crippen MR) is 48.6 cm³/mol. The van der Waals surface area contributed by atoms with Gasteiger partial charge in [0.1, 0.15) is 5.76 Å². The monoisotopic (exact) mass is 182 g/mol. The number of hydrogen-bond acceptors (Lipinski definition) is 3. The van der Waals surface area contributed by atoms with Gasteiger partial charge in [0.25, 0.3) is 5.91 Å². The first-order chi connectivity index (χ1) is 6.04. The Morgan fingerprint density at radius 2 is 2.15 bits per heavy atom. The topological polar surface area (TPSA) is 46.3 Å². The summed E-state index contributed by atoms with van der Waals surface area (Å²) < 4.78 is 5.14. The van der Waals surface area contributed by atoms with Crippen molar-refractivity contribution < 1.29 is 9.21 Å². The number of amides is 1. The first-order valence-electron chi connectivity index (χ1n) is 4.19. The van der Waals surface area contributed by atoms with Crippen molar-refractivity contribution >= 4 is 5.91 Å². The van der Waals surface area contributed by atoms with E-state index in [0.29, 0.717) is 11.5 Å². The molecule has 0 N–H and O–H groups in total. The molecule has 0 radical (unpaired) electrons. The molecule has 0 aliphatic rings. The Morgan fingerprint density at radius 3 is 2.62 bits per heavy atom. The van der Waals surface area contributed by atoms with Gasteiger partial charge in [0.05, 0.1) is 0 Å². The summed E-state index contributed by atoms with van der Waals surface area (Å²) in [7, 11) is 3.39. The van der Waals surface area contributed by atoms with Gasteiger partial charge >= 0.3 is 0 Å². The van der Waals surface area contributed by atoms with Gasteiger partial charge in [-0.25, -0.2) is 4.98 Å². The molecular weight excluding hydrogens is 168 g/mol. The average molecular weight is 182 g/mol. The van der Waals surface area contributed by atoms with Gasteiger partial charge in [0.15, 0.2) is 12.1 Å². The van der Waals surface area contributed by atoms with Crippen LogP contribution in [0.25, 0.3) is 0 Å². The second-order valence-electron chi connectivity index (χ2n) is 3.42. The molecule has 0 bridgehead atoms. The molecule has 0 aliphatic heterocycles. The van der Waals surface area contributed by atoms with Gasteiger partial charge in [-0.15, -0.1) is 0 Å². The molecule has 1 heterocycles. The Balaban J connectivity index is 3.01. The minimum Gasteiger partial charge on any atom is -0.447 e. The van der Waals surface area contributed by atoms with Gasteiger partial charge in [-0.05, 0) is 0 Å². The predicted octanol–water partition coefficient (Wildman–Crippen LogP) is 1.50. The standard InChI is InChI=1S/C9H14N2O2/c1-6(2)8-7(10-5-13-8)9(12)11(3)4/h5-6H,1-4H3. The van der Waals surface area contributed by atoms with Crippen LogP contribution in [0.2, 0.25) is 0 Å². The van der Waals surface area contributed by atoms with Gasteiger partial charge in [0.2, 0.25) is 0 Å². The molecule has 1 rings (SSSR count). The lowest BCUT2D eigenvalue weighted by Crippen LogP contribution is -2.23. The van der Waals surface area contributed by atoms with Crippen LogP contribution >= 0.6 is 0 Å². The lowest BCUT2D eigenvalue weighted by molar-refractivity contribution is 0.0820. The smallest absolute Gasteiger partial charge is 0.275 e. The Labute approximate surface area is 77.6 Å². The normalized spacial score (nSPS) is 10.5. The van der Waals surface area contributed by atoms with Crippen molar-refractivity contribution in [1.29, 1.82) is 0 Å². The van der Waals surface area contributed by atoms with Crippen molar-refractivity contribution in [3.8, 4) is 0 Å². The van der Waals surface area contributed by atoms with Gasteiger partial charge in [-0.3, -0.25) is 4.79 Å². The second-order valence-corrected chi connectivity index (χ2v) is 3.42. The van der Waals surface area contributed by atoms with E-state index in [1.54, 1.807) is 14.1 Å².